The number of aliphatic imine (C=N–C) groups is 1. The highest BCUT2D eigenvalue weighted by atomic mass is 127. The van der Waals surface area contributed by atoms with E-state index in [-0.39, 0.29) is 30.1 Å². The van der Waals surface area contributed by atoms with Crippen LogP contribution in [0.3, 0.4) is 0 Å². The Labute approximate surface area is 181 Å². The highest BCUT2D eigenvalue weighted by Crippen LogP contribution is 2.33. The lowest BCUT2D eigenvalue weighted by molar-refractivity contribution is -0.0265. The minimum absolute atomic E-state index is 0. The average Bonchev–Trinajstić information content (AvgIpc) is 3.16. The van der Waals surface area contributed by atoms with Crippen molar-refractivity contribution < 1.29 is 4.74 Å². The summed E-state index contributed by atoms with van der Waals surface area (Å²) in [5, 5.41) is 7.06. The molecular formula is C21H35IN4O. The molecule has 27 heavy (non-hydrogen) atoms. The number of nitrogens with one attached hydrogen (secondary N) is 2. The quantitative estimate of drug-likeness (QED) is 0.368. The number of hydrogen-bond donors (Lipinski definition) is 2. The molecule has 0 aromatic heterocycles. The first-order chi connectivity index (χ1) is 12.8. The summed E-state index contributed by atoms with van der Waals surface area (Å²) >= 11 is 0. The van der Waals surface area contributed by atoms with Crippen molar-refractivity contribution in [3.05, 3.63) is 35.9 Å². The summed E-state index contributed by atoms with van der Waals surface area (Å²) in [4.78, 5) is 6.97. The van der Waals surface area contributed by atoms with E-state index >= 15 is 0 Å². The lowest BCUT2D eigenvalue weighted by Gasteiger charge is -2.33. The molecule has 2 heterocycles. The van der Waals surface area contributed by atoms with E-state index in [4.69, 9.17) is 4.74 Å². The highest BCUT2D eigenvalue weighted by molar-refractivity contribution is 14.0. The number of hydrogen-bond acceptors (Lipinski definition) is 3. The zero-order valence-corrected chi connectivity index (χ0v) is 19.0. The molecule has 2 aliphatic rings. The molecule has 2 aliphatic heterocycles. The van der Waals surface area contributed by atoms with Crippen LogP contribution in [0.1, 0.15) is 44.3 Å². The smallest absolute Gasteiger partial charge is 0.191 e. The first-order valence-electron chi connectivity index (χ1n) is 10.2. The third-order valence-electron chi connectivity index (χ3n) is 5.74. The Hall–Kier alpha value is -0.860. The molecule has 1 aromatic carbocycles. The third kappa shape index (κ3) is 6.32. The van der Waals surface area contributed by atoms with Crippen LogP contribution in [0.15, 0.2) is 35.3 Å². The van der Waals surface area contributed by atoms with Crippen LogP contribution in [0.4, 0.5) is 0 Å². The summed E-state index contributed by atoms with van der Waals surface area (Å²) < 4.78 is 6.11. The number of likely N-dealkylation sites (N-methyl/N-ethyl adjacent to an activating group) is 1. The molecule has 3 rings (SSSR count). The van der Waals surface area contributed by atoms with Crippen molar-refractivity contribution in [3.8, 4) is 0 Å². The summed E-state index contributed by atoms with van der Waals surface area (Å²) in [6.45, 7) is 7.33. The number of likely N-dealkylation sites (tertiary alicyclic amines) is 1. The molecule has 2 fully saturated rings. The van der Waals surface area contributed by atoms with E-state index in [2.05, 4.69) is 57.8 Å². The van der Waals surface area contributed by atoms with Gasteiger partial charge in [-0.1, -0.05) is 37.3 Å². The van der Waals surface area contributed by atoms with E-state index in [1.807, 2.05) is 7.05 Å². The molecule has 0 radical (unpaired) electrons. The van der Waals surface area contributed by atoms with Crippen LogP contribution in [0, 0.1) is 5.92 Å². The predicted molar refractivity (Wildman–Crippen MR) is 123 cm³/mol. The number of halogens is 1. The van der Waals surface area contributed by atoms with E-state index in [1.54, 1.807) is 0 Å². The number of nitrogens with zero attached hydrogens (tertiary/aromatic N) is 2. The van der Waals surface area contributed by atoms with Crippen molar-refractivity contribution in [1.82, 2.24) is 15.5 Å². The largest absolute Gasteiger partial charge is 0.373 e. The van der Waals surface area contributed by atoms with Crippen LogP contribution in [0.25, 0.3) is 0 Å². The van der Waals surface area contributed by atoms with Crippen LogP contribution >= 0.6 is 24.0 Å². The van der Waals surface area contributed by atoms with Gasteiger partial charge in [0.1, 0.15) is 0 Å². The second-order valence-electron chi connectivity index (χ2n) is 7.36. The normalized spacial score (nSPS) is 26.4. The SMILES string of the molecule is CCN1CCCC1CNC(=NC)NCC1CCCOC1c1ccccc1.I. The van der Waals surface area contributed by atoms with E-state index in [0.717, 1.165) is 38.6 Å². The molecule has 5 nitrogen and oxygen atoms in total. The van der Waals surface area contributed by atoms with Crippen LogP contribution < -0.4 is 10.6 Å². The molecule has 0 bridgehead atoms. The van der Waals surface area contributed by atoms with Crippen molar-refractivity contribution in [3.63, 3.8) is 0 Å². The highest BCUT2D eigenvalue weighted by Gasteiger charge is 2.28. The Kier molecular flexibility index (Phi) is 9.86. The van der Waals surface area contributed by atoms with Gasteiger partial charge >= 0.3 is 0 Å². The van der Waals surface area contributed by atoms with Gasteiger partial charge in [-0.25, -0.2) is 0 Å². The maximum atomic E-state index is 6.11. The third-order valence-corrected chi connectivity index (χ3v) is 5.74. The zero-order chi connectivity index (χ0) is 18.2. The second-order valence-corrected chi connectivity index (χ2v) is 7.36. The van der Waals surface area contributed by atoms with Crippen molar-refractivity contribution in [2.45, 2.75) is 44.8 Å². The lowest BCUT2D eigenvalue weighted by atomic mass is 9.89. The Bertz CT molecular complexity index is 569. The summed E-state index contributed by atoms with van der Waals surface area (Å²) in [5.74, 6) is 1.38. The Morgan fingerprint density at radius 3 is 2.67 bits per heavy atom. The van der Waals surface area contributed by atoms with Crippen LogP contribution in [0.5, 0.6) is 0 Å². The van der Waals surface area contributed by atoms with Gasteiger partial charge in [0.25, 0.3) is 0 Å². The predicted octanol–water partition coefficient (Wildman–Crippen LogP) is 3.42. The molecule has 2 N–H and O–H groups in total. The Morgan fingerprint density at radius 1 is 1.15 bits per heavy atom. The van der Waals surface area contributed by atoms with Gasteiger partial charge in [0, 0.05) is 38.7 Å². The van der Waals surface area contributed by atoms with E-state index in [0.29, 0.717) is 12.0 Å². The summed E-state index contributed by atoms with van der Waals surface area (Å²) in [6.07, 6.45) is 5.10. The standard InChI is InChI=1S/C21H34N4O.HI/c1-3-25-13-7-12-19(25)16-24-21(22-2)23-15-18-11-8-14-26-20(18)17-9-5-4-6-10-17;/h4-6,9-10,18-20H,3,7-8,11-16H2,1-2H3,(H2,22,23,24);1H. The van der Waals surface area contributed by atoms with Crippen molar-refractivity contribution in [2.75, 3.05) is 39.8 Å². The Morgan fingerprint density at radius 2 is 1.93 bits per heavy atom. The van der Waals surface area contributed by atoms with E-state index < -0.39 is 0 Å². The van der Waals surface area contributed by atoms with E-state index in [9.17, 15) is 0 Å². The summed E-state index contributed by atoms with van der Waals surface area (Å²) in [6, 6.07) is 11.2. The molecule has 3 unspecified atom stereocenters. The number of ether oxygens (including phenoxy) is 1. The molecular weight excluding hydrogens is 451 g/mol. The Balaban J connectivity index is 0.00000261. The first-order valence-corrected chi connectivity index (χ1v) is 10.2. The molecule has 0 aliphatic carbocycles. The minimum atomic E-state index is 0. The molecule has 6 heteroatoms. The fraction of sp³-hybridized carbons (Fsp3) is 0.667. The zero-order valence-electron chi connectivity index (χ0n) is 16.7. The maximum Gasteiger partial charge on any atom is 0.191 e. The molecule has 2 saturated heterocycles. The van der Waals surface area contributed by atoms with Gasteiger partial charge in [-0.05, 0) is 44.3 Å². The summed E-state index contributed by atoms with van der Waals surface area (Å²) in [7, 11) is 1.85. The monoisotopic (exact) mass is 486 g/mol. The lowest BCUT2D eigenvalue weighted by Crippen LogP contribution is -2.46. The second kappa shape index (κ2) is 11.9. The topological polar surface area (TPSA) is 48.9 Å². The number of benzene rings is 1. The van der Waals surface area contributed by atoms with Crippen LogP contribution in [-0.4, -0.2) is 56.7 Å². The number of rotatable bonds is 6. The van der Waals surface area contributed by atoms with Gasteiger partial charge in [0.2, 0.25) is 0 Å². The molecule has 3 atom stereocenters. The van der Waals surface area contributed by atoms with Gasteiger partial charge in [0.15, 0.2) is 5.96 Å². The molecule has 0 spiro atoms. The van der Waals surface area contributed by atoms with Crippen molar-refractivity contribution in [1.29, 1.82) is 0 Å². The fourth-order valence-corrected chi connectivity index (χ4v) is 4.27. The van der Waals surface area contributed by atoms with Gasteiger partial charge in [0.05, 0.1) is 6.10 Å². The minimum Gasteiger partial charge on any atom is -0.373 e. The van der Waals surface area contributed by atoms with Crippen molar-refractivity contribution >= 4 is 29.9 Å². The van der Waals surface area contributed by atoms with Crippen molar-refractivity contribution in [2.24, 2.45) is 10.9 Å². The van der Waals surface area contributed by atoms with Crippen LogP contribution in [0.2, 0.25) is 0 Å². The van der Waals surface area contributed by atoms with Gasteiger partial charge in [-0.15, -0.1) is 24.0 Å². The molecule has 0 amide bonds. The molecule has 0 saturated carbocycles. The number of guanidine groups is 1. The van der Waals surface area contributed by atoms with Gasteiger partial charge < -0.3 is 15.4 Å². The van der Waals surface area contributed by atoms with E-state index in [1.165, 1.54) is 31.4 Å². The fourth-order valence-electron chi connectivity index (χ4n) is 4.27. The maximum absolute atomic E-state index is 6.11. The molecule has 152 valence electrons. The van der Waals surface area contributed by atoms with Crippen LogP contribution in [-0.2, 0) is 4.74 Å². The summed E-state index contributed by atoms with van der Waals surface area (Å²) in [5.41, 5.74) is 1.28. The molecule has 1 aromatic rings. The average molecular weight is 486 g/mol. The van der Waals surface area contributed by atoms with Gasteiger partial charge in [-0.3, -0.25) is 9.89 Å². The first kappa shape index (κ1) is 22.4. The van der Waals surface area contributed by atoms with Gasteiger partial charge in [-0.2, -0.15) is 0 Å².